The number of hydrogen-bond acceptors (Lipinski definition) is 6. The number of aromatic nitrogens is 1. The third-order valence-electron chi connectivity index (χ3n) is 2.85. The molecule has 3 rings (SSSR count). The molecule has 20 heavy (non-hydrogen) atoms. The van der Waals surface area contributed by atoms with Gasteiger partial charge in [0, 0.05) is 6.42 Å². The van der Waals surface area contributed by atoms with Crippen molar-refractivity contribution in [3.05, 3.63) is 38.3 Å². The Bertz CT molecular complexity index is 670. The molecule has 2 heterocycles. The average molecular weight is 356 g/mol. The largest absolute Gasteiger partial charge is 0.465 e. The van der Waals surface area contributed by atoms with Crippen LogP contribution in [0.5, 0.6) is 11.5 Å². The Hall–Kier alpha value is -1.60. The Labute approximate surface area is 127 Å². The summed E-state index contributed by atoms with van der Waals surface area (Å²) in [6.07, 6.45) is 0.531. The highest BCUT2D eigenvalue weighted by atomic mass is 79.9. The molecule has 1 aromatic heterocycles. The minimum Gasteiger partial charge on any atom is -0.465 e. The van der Waals surface area contributed by atoms with Crippen LogP contribution in [0.1, 0.15) is 20.9 Å². The number of esters is 1. The number of rotatable bonds is 3. The van der Waals surface area contributed by atoms with Crippen molar-refractivity contribution in [2.75, 3.05) is 13.9 Å². The molecule has 0 bridgehead atoms. The molecule has 0 fully saturated rings. The lowest BCUT2D eigenvalue weighted by Gasteiger charge is -2.03. The molecule has 0 saturated carbocycles. The number of fused-ring (bicyclic) bond motifs is 1. The summed E-state index contributed by atoms with van der Waals surface area (Å²) in [6.45, 7) is 0.244. The fraction of sp³-hybridized carbons (Fsp3) is 0.231. The minimum atomic E-state index is -0.371. The first-order valence-electron chi connectivity index (χ1n) is 5.79. The molecule has 0 spiro atoms. The van der Waals surface area contributed by atoms with E-state index in [0.717, 1.165) is 17.1 Å². The van der Waals surface area contributed by atoms with Gasteiger partial charge in [-0.25, -0.2) is 9.78 Å². The number of halogens is 1. The number of thiazole rings is 1. The quantitative estimate of drug-likeness (QED) is 0.792. The molecule has 2 aromatic rings. The van der Waals surface area contributed by atoms with Crippen molar-refractivity contribution >= 4 is 33.2 Å². The summed E-state index contributed by atoms with van der Waals surface area (Å²) in [6, 6.07) is 5.69. The first-order valence-corrected chi connectivity index (χ1v) is 7.40. The average Bonchev–Trinajstić information content (AvgIpc) is 3.04. The standard InChI is InChI=1S/C13H10BrNO4S/c1-17-12(16)11-8(15-13(14)20-11)4-7-2-3-9-10(5-7)19-6-18-9/h2-3,5H,4,6H2,1H3. The fourth-order valence-corrected chi connectivity index (χ4v) is 3.37. The molecular formula is C13H10BrNO4S. The monoisotopic (exact) mass is 355 g/mol. The molecule has 0 N–H and O–H groups in total. The molecule has 0 atom stereocenters. The number of hydrogen-bond donors (Lipinski definition) is 0. The maximum Gasteiger partial charge on any atom is 0.350 e. The Balaban J connectivity index is 1.89. The molecule has 0 aliphatic carbocycles. The van der Waals surface area contributed by atoms with E-state index in [1.54, 1.807) is 0 Å². The summed E-state index contributed by atoms with van der Waals surface area (Å²) in [5.41, 5.74) is 1.68. The summed E-state index contributed by atoms with van der Waals surface area (Å²) in [4.78, 5) is 16.5. The van der Waals surface area contributed by atoms with Gasteiger partial charge in [0.2, 0.25) is 6.79 Å². The lowest BCUT2D eigenvalue weighted by Crippen LogP contribution is -2.03. The molecule has 0 amide bonds. The molecular weight excluding hydrogens is 346 g/mol. The van der Waals surface area contributed by atoms with E-state index in [1.165, 1.54) is 18.4 Å². The smallest absolute Gasteiger partial charge is 0.350 e. The van der Waals surface area contributed by atoms with Crippen LogP contribution >= 0.6 is 27.3 Å². The second-order valence-electron chi connectivity index (χ2n) is 4.10. The van der Waals surface area contributed by atoms with Gasteiger partial charge in [-0.1, -0.05) is 17.4 Å². The SMILES string of the molecule is COC(=O)c1sc(Br)nc1Cc1ccc2c(c1)OCO2. The van der Waals surface area contributed by atoms with Gasteiger partial charge in [0.15, 0.2) is 15.4 Å². The summed E-state index contributed by atoms with van der Waals surface area (Å²) >= 11 is 4.57. The van der Waals surface area contributed by atoms with Gasteiger partial charge in [-0.2, -0.15) is 0 Å². The molecule has 1 aliphatic rings. The van der Waals surface area contributed by atoms with Crippen LogP contribution in [0.25, 0.3) is 0 Å². The maximum absolute atomic E-state index is 11.7. The third kappa shape index (κ3) is 2.51. The second kappa shape index (κ2) is 5.41. The van der Waals surface area contributed by atoms with Crippen LogP contribution in [0.2, 0.25) is 0 Å². The highest BCUT2D eigenvalue weighted by Gasteiger charge is 2.19. The van der Waals surface area contributed by atoms with Crippen molar-refractivity contribution in [3.8, 4) is 11.5 Å². The van der Waals surface area contributed by atoms with E-state index in [9.17, 15) is 4.79 Å². The zero-order valence-electron chi connectivity index (χ0n) is 10.5. The van der Waals surface area contributed by atoms with Crippen LogP contribution in [-0.4, -0.2) is 24.9 Å². The fourth-order valence-electron chi connectivity index (χ4n) is 1.94. The summed E-state index contributed by atoms with van der Waals surface area (Å²) in [5.74, 6) is 1.08. The van der Waals surface area contributed by atoms with E-state index in [2.05, 4.69) is 20.9 Å². The predicted molar refractivity (Wildman–Crippen MR) is 76.5 cm³/mol. The number of benzene rings is 1. The normalized spacial score (nSPS) is 12.5. The van der Waals surface area contributed by atoms with Crippen molar-refractivity contribution in [1.82, 2.24) is 4.98 Å². The van der Waals surface area contributed by atoms with Crippen molar-refractivity contribution in [2.45, 2.75) is 6.42 Å². The molecule has 1 aliphatic heterocycles. The number of carbonyl (C=O) groups excluding carboxylic acids is 1. The van der Waals surface area contributed by atoms with E-state index in [-0.39, 0.29) is 12.8 Å². The molecule has 0 radical (unpaired) electrons. The lowest BCUT2D eigenvalue weighted by atomic mass is 10.1. The Morgan fingerprint density at radius 2 is 2.25 bits per heavy atom. The van der Waals surface area contributed by atoms with Crippen LogP contribution in [0.15, 0.2) is 22.1 Å². The van der Waals surface area contributed by atoms with Crippen molar-refractivity contribution in [3.63, 3.8) is 0 Å². The molecule has 104 valence electrons. The van der Waals surface area contributed by atoms with Gasteiger partial charge in [-0.05, 0) is 33.6 Å². The number of carbonyl (C=O) groups is 1. The number of methoxy groups -OCH3 is 1. The van der Waals surface area contributed by atoms with Gasteiger partial charge >= 0.3 is 5.97 Å². The highest BCUT2D eigenvalue weighted by Crippen LogP contribution is 2.34. The lowest BCUT2D eigenvalue weighted by molar-refractivity contribution is 0.0605. The topological polar surface area (TPSA) is 57.7 Å². The van der Waals surface area contributed by atoms with Crippen LogP contribution < -0.4 is 9.47 Å². The van der Waals surface area contributed by atoms with Crippen LogP contribution in [0.3, 0.4) is 0 Å². The molecule has 7 heteroatoms. The van der Waals surface area contributed by atoms with Gasteiger partial charge in [-0.3, -0.25) is 0 Å². The molecule has 0 saturated heterocycles. The molecule has 0 unspecified atom stereocenters. The van der Waals surface area contributed by atoms with Crippen LogP contribution in [0, 0.1) is 0 Å². The van der Waals surface area contributed by atoms with Gasteiger partial charge < -0.3 is 14.2 Å². The first-order chi connectivity index (χ1) is 9.67. The van der Waals surface area contributed by atoms with E-state index in [4.69, 9.17) is 14.2 Å². The minimum absolute atomic E-state index is 0.244. The van der Waals surface area contributed by atoms with E-state index in [0.29, 0.717) is 20.9 Å². The van der Waals surface area contributed by atoms with Crippen molar-refractivity contribution < 1.29 is 19.0 Å². The van der Waals surface area contributed by atoms with Gasteiger partial charge in [0.1, 0.15) is 4.88 Å². The van der Waals surface area contributed by atoms with Gasteiger partial charge in [0.05, 0.1) is 12.8 Å². The zero-order valence-corrected chi connectivity index (χ0v) is 12.9. The molecule has 5 nitrogen and oxygen atoms in total. The third-order valence-corrected chi connectivity index (χ3v) is 4.38. The zero-order chi connectivity index (χ0) is 14.1. The maximum atomic E-state index is 11.7. The van der Waals surface area contributed by atoms with E-state index >= 15 is 0 Å². The molecule has 1 aromatic carbocycles. The second-order valence-corrected chi connectivity index (χ2v) is 6.37. The van der Waals surface area contributed by atoms with Crippen molar-refractivity contribution in [1.29, 1.82) is 0 Å². The van der Waals surface area contributed by atoms with Gasteiger partial charge in [-0.15, -0.1) is 0 Å². The number of nitrogens with zero attached hydrogens (tertiary/aromatic N) is 1. The van der Waals surface area contributed by atoms with Gasteiger partial charge in [0.25, 0.3) is 0 Å². The Kier molecular flexibility index (Phi) is 3.62. The first kappa shape index (κ1) is 13.4. The van der Waals surface area contributed by atoms with Crippen LogP contribution in [0.4, 0.5) is 0 Å². The predicted octanol–water partition coefficient (Wildman–Crippen LogP) is 3.01. The Morgan fingerprint density at radius 3 is 3.05 bits per heavy atom. The Morgan fingerprint density at radius 1 is 1.45 bits per heavy atom. The summed E-state index contributed by atoms with van der Waals surface area (Å²) in [5, 5.41) is 0. The summed E-state index contributed by atoms with van der Waals surface area (Å²) in [7, 11) is 1.36. The number of ether oxygens (including phenoxy) is 3. The van der Waals surface area contributed by atoms with Crippen LogP contribution in [-0.2, 0) is 11.2 Å². The highest BCUT2D eigenvalue weighted by molar-refractivity contribution is 9.11. The van der Waals surface area contributed by atoms with E-state index < -0.39 is 0 Å². The summed E-state index contributed by atoms with van der Waals surface area (Å²) < 4.78 is 16.0. The van der Waals surface area contributed by atoms with E-state index in [1.807, 2.05) is 18.2 Å². The van der Waals surface area contributed by atoms with Crippen molar-refractivity contribution in [2.24, 2.45) is 0 Å².